The largest absolute Gasteiger partial charge is 0.392 e. The lowest BCUT2D eigenvalue weighted by molar-refractivity contribution is -0.116. The van der Waals surface area contributed by atoms with Gasteiger partial charge in [-0.2, -0.15) is 0 Å². The number of carbonyl (C=O) groups excluding carboxylic acids is 1. The van der Waals surface area contributed by atoms with Crippen LogP contribution in [0.1, 0.15) is 12.8 Å². The minimum atomic E-state index is -0.365. The number of hydrogen-bond donors (Lipinski definition) is 2. The fourth-order valence-corrected chi connectivity index (χ4v) is 2.06. The molecule has 1 fully saturated rings. The number of β-amino-alcohol motifs (C(OH)–C–C–N with tert-alkyl or cyclic N) is 1. The van der Waals surface area contributed by atoms with Gasteiger partial charge in [0.05, 0.1) is 6.10 Å². The Morgan fingerprint density at radius 1 is 1.56 bits per heavy atom. The van der Waals surface area contributed by atoms with Gasteiger partial charge in [0.1, 0.15) is 5.82 Å². The highest BCUT2D eigenvalue weighted by atomic mass is 19.1. The smallest absolute Gasteiger partial charge is 0.225 e. The van der Waals surface area contributed by atoms with E-state index in [0.717, 1.165) is 13.0 Å². The van der Waals surface area contributed by atoms with E-state index in [1.807, 2.05) is 0 Å². The van der Waals surface area contributed by atoms with Crippen LogP contribution in [0.5, 0.6) is 0 Å². The molecule has 1 heterocycles. The number of benzene rings is 1. The molecule has 1 atom stereocenters. The van der Waals surface area contributed by atoms with E-state index in [-0.39, 0.29) is 17.8 Å². The van der Waals surface area contributed by atoms with E-state index < -0.39 is 0 Å². The summed E-state index contributed by atoms with van der Waals surface area (Å²) < 4.78 is 12.9. The average molecular weight is 252 g/mol. The number of aliphatic hydroxyl groups excluding tert-OH is 1. The van der Waals surface area contributed by atoms with Crippen molar-refractivity contribution in [3.05, 3.63) is 30.1 Å². The summed E-state index contributed by atoms with van der Waals surface area (Å²) in [7, 11) is 0. The summed E-state index contributed by atoms with van der Waals surface area (Å²) in [6.45, 7) is 2.08. The molecule has 1 saturated heterocycles. The van der Waals surface area contributed by atoms with Crippen molar-refractivity contribution in [3.8, 4) is 0 Å². The number of aliphatic hydroxyl groups is 1. The van der Waals surface area contributed by atoms with Gasteiger partial charge in [-0.05, 0) is 24.6 Å². The minimum Gasteiger partial charge on any atom is -0.392 e. The fraction of sp³-hybridized carbons (Fsp3) is 0.462. The number of likely N-dealkylation sites (tertiary alicyclic amines) is 1. The monoisotopic (exact) mass is 252 g/mol. The lowest BCUT2D eigenvalue weighted by atomic mass is 10.3. The Hall–Kier alpha value is -1.46. The van der Waals surface area contributed by atoms with Crippen LogP contribution in [0.2, 0.25) is 0 Å². The number of nitrogens with zero attached hydrogens (tertiary/aromatic N) is 1. The maximum atomic E-state index is 12.9. The quantitative estimate of drug-likeness (QED) is 0.847. The van der Waals surface area contributed by atoms with Gasteiger partial charge in [0.15, 0.2) is 0 Å². The van der Waals surface area contributed by atoms with Gasteiger partial charge in [-0.3, -0.25) is 4.79 Å². The van der Waals surface area contributed by atoms with E-state index in [2.05, 4.69) is 10.2 Å². The zero-order valence-corrected chi connectivity index (χ0v) is 10.1. The lowest BCUT2D eigenvalue weighted by Gasteiger charge is -2.14. The third-order valence-electron chi connectivity index (χ3n) is 3.01. The van der Waals surface area contributed by atoms with E-state index in [0.29, 0.717) is 25.2 Å². The molecular weight excluding hydrogens is 235 g/mol. The van der Waals surface area contributed by atoms with Gasteiger partial charge in [-0.15, -0.1) is 0 Å². The highest BCUT2D eigenvalue weighted by Crippen LogP contribution is 2.11. The van der Waals surface area contributed by atoms with E-state index in [1.54, 1.807) is 12.1 Å². The number of rotatable bonds is 4. The molecule has 2 N–H and O–H groups in total. The number of nitrogens with one attached hydrogen (secondary N) is 1. The molecule has 4 nitrogen and oxygen atoms in total. The van der Waals surface area contributed by atoms with Crippen LogP contribution in [0.3, 0.4) is 0 Å². The van der Waals surface area contributed by atoms with Crippen LogP contribution in [0.15, 0.2) is 24.3 Å². The highest BCUT2D eigenvalue weighted by molar-refractivity contribution is 5.90. The van der Waals surface area contributed by atoms with Gasteiger partial charge >= 0.3 is 0 Å². The molecule has 0 bridgehead atoms. The zero-order chi connectivity index (χ0) is 13.0. The topological polar surface area (TPSA) is 52.6 Å². The molecule has 98 valence electrons. The molecule has 1 aliphatic rings. The van der Waals surface area contributed by atoms with E-state index in [4.69, 9.17) is 0 Å². The maximum absolute atomic E-state index is 12.9. The third kappa shape index (κ3) is 3.78. The molecule has 18 heavy (non-hydrogen) atoms. The number of halogens is 1. The molecule has 0 spiro atoms. The predicted octanol–water partition coefficient (Wildman–Crippen LogP) is 1.22. The van der Waals surface area contributed by atoms with Crippen LogP contribution in [0, 0.1) is 5.82 Å². The second kappa shape index (κ2) is 5.93. The van der Waals surface area contributed by atoms with Crippen molar-refractivity contribution in [1.82, 2.24) is 4.90 Å². The summed E-state index contributed by atoms with van der Waals surface area (Å²) in [5.41, 5.74) is 0.474. The Balaban J connectivity index is 1.75. The van der Waals surface area contributed by atoms with Gasteiger partial charge in [0.2, 0.25) is 5.91 Å². The predicted molar refractivity (Wildman–Crippen MR) is 66.7 cm³/mol. The first kappa shape index (κ1) is 13.0. The molecule has 0 unspecified atom stereocenters. The summed E-state index contributed by atoms with van der Waals surface area (Å²) in [6, 6.07) is 5.83. The molecule has 0 radical (unpaired) electrons. The first-order valence-electron chi connectivity index (χ1n) is 6.09. The van der Waals surface area contributed by atoms with E-state index in [9.17, 15) is 14.3 Å². The first-order chi connectivity index (χ1) is 8.63. The molecular formula is C13H17FN2O2. The molecule has 2 rings (SSSR count). The fourth-order valence-electron chi connectivity index (χ4n) is 2.06. The summed E-state index contributed by atoms with van der Waals surface area (Å²) in [5, 5.41) is 12.0. The summed E-state index contributed by atoms with van der Waals surface area (Å²) in [4.78, 5) is 13.7. The molecule has 0 saturated carbocycles. The lowest BCUT2D eigenvalue weighted by Crippen LogP contribution is -2.26. The molecule has 5 heteroatoms. The summed E-state index contributed by atoms with van der Waals surface area (Å²) in [6.07, 6.45) is 0.852. The van der Waals surface area contributed by atoms with Gasteiger partial charge in [-0.1, -0.05) is 6.07 Å². The maximum Gasteiger partial charge on any atom is 0.225 e. The van der Waals surface area contributed by atoms with Crippen LogP contribution >= 0.6 is 0 Å². The highest BCUT2D eigenvalue weighted by Gasteiger charge is 2.20. The van der Waals surface area contributed by atoms with Crippen LogP contribution in [-0.4, -0.2) is 41.7 Å². The Morgan fingerprint density at radius 2 is 2.39 bits per heavy atom. The SMILES string of the molecule is O=C(CCN1CC[C@@H](O)C1)Nc1cccc(F)c1. The summed E-state index contributed by atoms with van der Waals surface area (Å²) >= 11 is 0. The Morgan fingerprint density at radius 3 is 3.06 bits per heavy atom. The second-order valence-corrected chi connectivity index (χ2v) is 4.55. The van der Waals surface area contributed by atoms with Gasteiger partial charge in [0, 0.05) is 31.7 Å². The molecule has 1 aliphatic heterocycles. The van der Waals surface area contributed by atoms with Crippen molar-refractivity contribution in [1.29, 1.82) is 0 Å². The van der Waals surface area contributed by atoms with Crippen LogP contribution in [-0.2, 0) is 4.79 Å². The normalized spacial score (nSPS) is 20.0. The second-order valence-electron chi connectivity index (χ2n) is 4.55. The molecule has 0 aliphatic carbocycles. The minimum absolute atomic E-state index is 0.137. The first-order valence-corrected chi connectivity index (χ1v) is 6.09. The van der Waals surface area contributed by atoms with E-state index >= 15 is 0 Å². The van der Waals surface area contributed by atoms with Crippen molar-refractivity contribution >= 4 is 11.6 Å². The number of carbonyl (C=O) groups is 1. The van der Waals surface area contributed by atoms with Gasteiger partial charge in [-0.25, -0.2) is 4.39 Å². The van der Waals surface area contributed by atoms with Crippen LogP contribution < -0.4 is 5.32 Å². The van der Waals surface area contributed by atoms with Crippen molar-refractivity contribution in [2.75, 3.05) is 25.0 Å². The molecule has 1 aromatic carbocycles. The van der Waals surface area contributed by atoms with Crippen molar-refractivity contribution in [2.24, 2.45) is 0 Å². The van der Waals surface area contributed by atoms with Crippen molar-refractivity contribution in [3.63, 3.8) is 0 Å². The Labute approximate surface area is 105 Å². The molecule has 1 amide bonds. The Bertz CT molecular complexity index is 425. The number of amides is 1. The van der Waals surface area contributed by atoms with Gasteiger partial charge < -0.3 is 15.3 Å². The van der Waals surface area contributed by atoms with Crippen molar-refractivity contribution in [2.45, 2.75) is 18.9 Å². The van der Waals surface area contributed by atoms with E-state index in [1.165, 1.54) is 12.1 Å². The third-order valence-corrected chi connectivity index (χ3v) is 3.01. The van der Waals surface area contributed by atoms with Crippen molar-refractivity contribution < 1.29 is 14.3 Å². The summed E-state index contributed by atoms with van der Waals surface area (Å²) in [5.74, 6) is -0.502. The number of hydrogen-bond acceptors (Lipinski definition) is 3. The van der Waals surface area contributed by atoms with Gasteiger partial charge in [0.25, 0.3) is 0 Å². The number of anilines is 1. The Kier molecular flexibility index (Phi) is 4.28. The molecule has 1 aromatic rings. The standard InChI is InChI=1S/C13H17FN2O2/c14-10-2-1-3-11(8-10)15-13(18)5-7-16-6-4-12(17)9-16/h1-3,8,12,17H,4-7,9H2,(H,15,18)/t12-/m1/s1. The molecule has 0 aromatic heterocycles. The zero-order valence-electron chi connectivity index (χ0n) is 10.1. The van der Waals surface area contributed by atoms with Crippen LogP contribution in [0.25, 0.3) is 0 Å². The van der Waals surface area contributed by atoms with Crippen LogP contribution in [0.4, 0.5) is 10.1 Å². The average Bonchev–Trinajstić information content (AvgIpc) is 2.73.